The highest BCUT2D eigenvalue weighted by Gasteiger charge is 2.25. The van der Waals surface area contributed by atoms with E-state index in [2.05, 4.69) is 30.8 Å². The van der Waals surface area contributed by atoms with Crippen molar-refractivity contribution >= 4 is 27.6 Å². The van der Waals surface area contributed by atoms with Crippen LogP contribution in [0.2, 0.25) is 0 Å². The summed E-state index contributed by atoms with van der Waals surface area (Å²) in [7, 11) is 1.72. The lowest BCUT2D eigenvalue weighted by molar-refractivity contribution is -0.667. The molecule has 3 heteroatoms. The Morgan fingerprint density at radius 1 is 0.944 bits per heavy atom. The van der Waals surface area contributed by atoms with Crippen LogP contribution in [0, 0.1) is 20.4 Å². The van der Waals surface area contributed by atoms with Gasteiger partial charge < -0.3 is 4.42 Å². The molecule has 0 fully saturated rings. The summed E-state index contributed by atoms with van der Waals surface area (Å²) < 4.78 is 58.7. The Morgan fingerprint density at radius 2 is 1.61 bits per heavy atom. The first-order valence-electron chi connectivity index (χ1n) is 15.1. The molecular weight excluding hydrogens is 440 g/mol. The number of pyridine rings is 1. The second-order valence-corrected chi connectivity index (χ2v) is 9.70. The van der Waals surface area contributed by atoms with Crippen LogP contribution in [0.1, 0.15) is 70.0 Å². The van der Waals surface area contributed by atoms with E-state index in [0.717, 1.165) is 21.9 Å². The Hall–Kier alpha value is -3.90. The summed E-state index contributed by atoms with van der Waals surface area (Å²) in [5.74, 6) is -1.70. The molecule has 36 heavy (non-hydrogen) atoms. The summed E-state index contributed by atoms with van der Waals surface area (Å²) in [5.41, 5.74) is 6.58. The first-order chi connectivity index (χ1) is 19.6. The summed E-state index contributed by atoms with van der Waals surface area (Å²) >= 11 is 0. The first-order valence-corrected chi connectivity index (χ1v) is 12.1. The Labute approximate surface area is 222 Å². The third-order valence-electron chi connectivity index (χ3n) is 7.10. The maximum Gasteiger partial charge on any atom is 0.216 e. The second-order valence-electron chi connectivity index (χ2n) is 9.70. The van der Waals surface area contributed by atoms with Crippen molar-refractivity contribution in [1.29, 1.82) is 0 Å². The molecule has 0 spiro atoms. The van der Waals surface area contributed by atoms with Gasteiger partial charge in [-0.25, -0.2) is 4.85 Å². The lowest BCUT2D eigenvalue weighted by Crippen LogP contribution is -2.36. The first kappa shape index (κ1) is 17.5. The van der Waals surface area contributed by atoms with Crippen molar-refractivity contribution in [2.45, 2.75) is 53.3 Å². The highest BCUT2D eigenvalue weighted by Crippen LogP contribution is 2.44. The normalized spacial score (nSPS) is 16.1. The zero-order chi connectivity index (χ0) is 30.9. The smallest absolute Gasteiger partial charge is 0.216 e. The molecule has 0 saturated heterocycles. The third kappa shape index (κ3) is 3.69. The lowest BCUT2D eigenvalue weighted by Gasteiger charge is -2.11. The minimum atomic E-state index is -2.69. The van der Waals surface area contributed by atoms with E-state index in [1.807, 2.05) is 37.3 Å². The number of aryl methyl sites for hydroxylation is 1. The molecule has 0 aliphatic carbocycles. The molecule has 1 atom stereocenters. The molecule has 0 saturated carbocycles. The topological polar surface area (TPSA) is 21.4 Å². The van der Waals surface area contributed by atoms with E-state index in [9.17, 15) is 0 Å². The summed E-state index contributed by atoms with van der Waals surface area (Å²) in [5, 5.41) is 1.64. The minimum Gasteiger partial charge on any atom is -0.456 e. The molecule has 2 aromatic heterocycles. The van der Waals surface area contributed by atoms with Gasteiger partial charge in [-0.15, -0.1) is 0 Å². The van der Waals surface area contributed by atoms with Gasteiger partial charge in [0.2, 0.25) is 5.69 Å². The summed E-state index contributed by atoms with van der Waals surface area (Å²) in [6.45, 7) is 14.3. The van der Waals surface area contributed by atoms with E-state index < -0.39 is 12.7 Å². The largest absolute Gasteiger partial charge is 0.456 e. The zero-order valence-electron chi connectivity index (χ0n) is 27.5. The average molecular weight is 480 g/mol. The maximum atomic E-state index is 9.04. The number of nitrogens with zero attached hydrogens (tertiary/aromatic N) is 2. The van der Waals surface area contributed by atoms with Crippen LogP contribution in [0.5, 0.6) is 0 Å². The van der Waals surface area contributed by atoms with Crippen LogP contribution in [0.25, 0.3) is 49.2 Å². The van der Waals surface area contributed by atoms with Gasteiger partial charge in [0.25, 0.3) is 0 Å². The Morgan fingerprint density at radius 3 is 2.25 bits per heavy atom. The van der Waals surface area contributed by atoms with E-state index in [4.69, 9.17) is 19.2 Å². The molecule has 2 heterocycles. The van der Waals surface area contributed by atoms with Crippen LogP contribution in [-0.4, -0.2) is 0 Å². The fraction of sp³-hybridized carbons (Fsp3) is 0.273. The molecule has 0 bridgehead atoms. The molecule has 0 radical (unpaired) electrons. The van der Waals surface area contributed by atoms with Gasteiger partial charge in [-0.05, 0) is 41.5 Å². The van der Waals surface area contributed by atoms with Gasteiger partial charge in [-0.2, -0.15) is 4.57 Å². The molecule has 0 N–H and O–H groups in total. The Bertz CT molecular complexity index is 1900. The Balaban J connectivity index is 1.86. The number of hydrogen-bond acceptors (Lipinski definition) is 1. The number of aromatic nitrogens is 1. The number of fused-ring (bicyclic) bond motifs is 3. The van der Waals surface area contributed by atoms with Crippen molar-refractivity contribution in [2.75, 3.05) is 0 Å². The maximum absolute atomic E-state index is 9.04. The second kappa shape index (κ2) is 8.95. The van der Waals surface area contributed by atoms with Crippen LogP contribution in [0.15, 0.2) is 65.0 Å². The van der Waals surface area contributed by atoms with E-state index in [-0.39, 0.29) is 17.6 Å². The van der Waals surface area contributed by atoms with Crippen molar-refractivity contribution in [3.05, 3.63) is 94.4 Å². The predicted molar refractivity (Wildman–Crippen MR) is 150 cm³/mol. The van der Waals surface area contributed by atoms with Gasteiger partial charge in [0.1, 0.15) is 18.2 Å². The molecule has 0 aliphatic heterocycles. The van der Waals surface area contributed by atoms with E-state index in [1.54, 1.807) is 24.6 Å². The fourth-order valence-electron chi connectivity index (χ4n) is 4.92. The molecule has 180 valence electrons. The minimum absolute atomic E-state index is 0.00186. The molecule has 0 amide bonds. The monoisotopic (exact) mass is 479 g/mol. The molecule has 1 unspecified atom stereocenters. The van der Waals surface area contributed by atoms with Crippen LogP contribution in [0.4, 0.5) is 5.69 Å². The molecule has 3 nitrogen and oxygen atoms in total. The van der Waals surface area contributed by atoms with Crippen molar-refractivity contribution in [3.8, 4) is 22.4 Å². The quantitative estimate of drug-likeness (QED) is 0.186. The summed E-state index contributed by atoms with van der Waals surface area (Å²) in [4.78, 5) is 3.79. The van der Waals surface area contributed by atoms with Crippen LogP contribution < -0.4 is 4.57 Å². The highest BCUT2D eigenvalue weighted by molar-refractivity contribution is 6.15. The van der Waals surface area contributed by atoms with E-state index in [1.165, 1.54) is 12.5 Å². The van der Waals surface area contributed by atoms with Gasteiger partial charge in [0.15, 0.2) is 11.4 Å². The molecule has 3 aromatic carbocycles. The predicted octanol–water partition coefficient (Wildman–Crippen LogP) is 9.16. The van der Waals surface area contributed by atoms with E-state index in [0.29, 0.717) is 45.3 Å². The summed E-state index contributed by atoms with van der Waals surface area (Å²) in [6, 6.07) is 15.3. The van der Waals surface area contributed by atoms with Gasteiger partial charge in [0, 0.05) is 40.3 Å². The molecule has 5 rings (SSSR count). The SMILES string of the molecule is [2H]c1c([2H])c(-c2c(C)ccc3c2oc2c(-c4ccc(C(C)C)cc4)c([N+]#[C-])ccc23)[n+](C)c(C)c1C([2H])(C)C([2H])([2H])[2H]. The number of furan rings is 1. The van der Waals surface area contributed by atoms with Crippen molar-refractivity contribution in [3.63, 3.8) is 0 Å². The average Bonchev–Trinajstić information content (AvgIpc) is 3.30. The highest BCUT2D eigenvalue weighted by atomic mass is 16.3. The van der Waals surface area contributed by atoms with E-state index >= 15 is 0 Å². The Kier molecular flexibility index (Phi) is 4.36. The fourth-order valence-corrected chi connectivity index (χ4v) is 4.92. The van der Waals surface area contributed by atoms with Gasteiger partial charge in [-0.1, -0.05) is 76.2 Å². The van der Waals surface area contributed by atoms with Crippen LogP contribution >= 0.6 is 0 Å². The van der Waals surface area contributed by atoms with Crippen LogP contribution in [0.3, 0.4) is 0 Å². The van der Waals surface area contributed by atoms with Crippen molar-refractivity contribution in [1.82, 2.24) is 0 Å². The van der Waals surface area contributed by atoms with Crippen molar-refractivity contribution < 1.29 is 17.2 Å². The summed E-state index contributed by atoms with van der Waals surface area (Å²) in [6.07, 6.45) is 0. The van der Waals surface area contributed by atoms with Crippen LogP contribution in [-0.2, 0) is 7.05 Å². The van der Waals surface area contributed by atoms with Gasteiger partial charge in [0.05, 0.1) is 14.9 Å². The van der Waals surface area contributed by atoms with Gasteiger partial charge >= 0.3 is 0 Å². The standard InChI is InChI=1S/C33H33N2O/c1-19(2)23-10-12-24(13-11-23)31-28(34-7)17-15-27-26-14-9-21(5)30(32(26)36-33(27)31)29-18-16-25(20(3)4)22(6)35(29)8/h9-20H,1-6,8H3/q+1/i3D3,16D,18D,20D. The molecule has 5 aromatic rings. The van der Waals surface area contributed by atoms with Gasteiger partial charge in [-0.3, -0.25) is 0 Å². The molecule has 0 aliphatic rings. The molecular formula is C33H33N2O+. The van der Waals surface area contributed by atoms with Crippen molar-refractivity contribution in [2.24, 2.45) is 7.05 Å². The third-order valence-corrected chi connectivity index (χ3v) is 7.10. The zero-order valence-corrected chi connectivity index (χ0v) is 21.5. The number of rotatable bonds is 4. The number of hydrogen-bond donors (Lipinski definition) is 0. The lowest BCUT2D eigenvalue weighted by atomic mass is 9.95. The number of benzene rings is 3.